The molecule has 0 spiro atoms. The highest BCUT2D eigenvalue weighted by molar-refractivity contribution is 6.07. The Morgan fingerprint density at radius 3 is 2.34 bits per heavy atom. The van der Waals surface area contributed by atoms with Gasteiger partial charge in [0.15, 0.2) is 0 Å². The van der Waals surface area contributed by atoms with Crippen LogP contribution in [0.1, 0.15) is 31.8 Å². The molecule has 0 bridgehead atoms. The van der Waals surface area contributed by atoms with Crippen LogP contribution in [0, 0.1) is 11.6 Å². The molecule has 0 aliphatic heterocycles. The van der Waals surface area contributed by atoms with Crippen LogP contribution in [0.2, 0.25) is 0 Å². The van der Waals surface area contributed by atoms with Crippen molar-refractivity contribution < 1.29 is 23.5 Å². The van der Waals surface area contributed by atoms with Gasteiger partial charge < -0.3 is 10.4 Å². The normalized spacial score (nSPS) is 11.2. The lowest BCUT2D eigenvalue weighted by Gasteiger charge is -2.13. The van der Waals surface area contributed by atoms with Crippen molar-refractivity contribution in [2.24, 2.45) is 0 Å². The van der Waals surface area contributed by atoms with E-state index in [9.17, 15) is 14.0 Å². The Morgan fingerprint density at radius 2 is 1.59 bits per heavy atom. The molecule has 6 rings (SSSR count). The van der Waals surface area contributed by atoms with Crippen LogP contribution in [0.25, 0.3) is 32.8 Å². The number of halogens is 2. The summed E-state index contributed by atoms with van der Waals surface area (Å²) in [6, 6.07) is 26.6. The minimum absolute atomic E-state index is 0.104. The van der Waals surface area contributed by atoms with E-state index in [2.05, 4.69) is 10.4 Å². The summed E-state index contributed by atoms with van der Waals surface area (Å²) in [6.45, 7) is 0.265. The number of fused-ring (bicyclic) bond motifs is 2. The summed E-state index contributed by atoms with van der Waals surface area (Å²) in [5.74, 6) is -2.13. The summed E-state index contributed by atoms with van der Waals surface area (Å²) in [7, 11) is 0. The Balaban J connectivity index is 1.39. The summed E-state index contributed by atoms with van der Waals surface area (Å²) in [4.78, 5) is 24.8. The SMILES string of the molecule is O=C(O)c1ccc(CNC(=O)c2cc(-c3ccc(F)cc3)cc3cnn(Cc4ccc5ccccc5c4F)c23)cc1. The smallest absolute Gasteiger partial charge is 0.335 e. The van der Waals surface area contributed by atoms with Crippen molar-refractivity contribution >= 4 is 33.6 Å². The van der Waals surface area contributed by atoms with Gasteiger partial charge in [0.25, 0.3) is 5.91 Å². The van der Waals surface area contributed by atoms with Gasteiger partial charge in [-0.3, -0.25) is 9.48 Å². The van der Waals surface area contributed by atoms with Crippen molar-refractivity contribution in [3.05, 3.63) is 137 Å². The average Bonchev–Trinajstić information content (AvgIpc) is 3.40. The molecule has 1 amide bonds. The fourth-order valence-corrected chi connectivity index (χ4v) is 4.94. The molecule has 0 saturated carbocycles. The van der Waals surface area contributed by atoms with Crippen LogP contribution < -0.4 is 5.32 Å². The van der Waals surface area contributed by atoms with E-state index in [1.165, 1.54) is 24.3 Å². The molecule has 0 atom stereocenters. The highest BCUT2D eigenvalue weighted by atomic mass is 19.1. The van der Waals surface area contributed by atoms with Gasteiger partial charge in [-0.05, 0) is 58.5 Å². The van der Waals surface area contributed by atoms with E-state index in [0.29, 0.717) is 33.0 Å². The number of carboxylic acid groups (broad SMARTS) is 1. The number of carboxylic acids is 1. The molecule has 0 aliphatic carbocycles. The number of amides is 1. The van der Waals surface area contributed by atoms with E-state index >= 15 is 4.39 Å². The van der Waals surface area contributed by atoms with Crippen molar-refractivity contribution in [2.45, 2.75) is 13.1 Å². The molecule has 0 fully saturated rings. The van der Waals surface area contributed by atoms with E-state index in [0.717, 1.165) is 16.5 Å². The van der Waals surface area contributed by atoms with E-state index < -0.39 is 5.97 Å². The van der Waals surface area contributed by atoms with E-state index in [1.54, 1.807) is 59.4 Å². The van der Waals surface area contributed by atoms with Crippen LogP contribution in [0.3, 0.4) is 0 Å². The van der Waals surface area contributed by atoms with Crippen molar-refractivity contribution in [1.29, 1.82) is 0 Å². The van der Waals surface area contributed by atoms with Gasteiger partial charge in [-0.2, -0.15) is 5.10 Å². The highest BCUT2D eigenvalue weighted by Crippen LogP contribution is 2.30. The first kappa shape index (κ1) is 25.9. The predicted octanol–water partition coefficient (Wildman–Crippen LogP) is 6.81. The Bertz CT molecular complexity index is 1930. The number of benzene rings is 5. The zero-order chi connectivity index (χ0) is 28.5. The minimum atomic E-state index is -1.03. The van der Waals surface area contributed by atoms with Gasteiger partial charge in [0, 0.05) is 22.9 Å². The number of nitrogens with one attached hydrogen (secondary N) is 1. The van der Waals surface area contributed by atoms with Gasteiger partial charge in [0.05, 0.1) is 29.4 Å². The third-order valence-electron chi connectivity index (χ3n) is 7.07. The van der Waals surface area contributed by atoms with E-state index in [4.69, 9.17) is 5.11 Å². The quantitative estimate of drug-likeness (QED) is 0.230. The van der Waals surface area contributed by atoms with Crippen molar-refractivity contribution in [1.82, 2.24) is 15.1 Å². The molecular weight excluding hydrogens is 524 g/mol. The molecule has 202 valence electrons. The molecule has 41 heavy (non-hydrogen) atoms. The van der Waals surface area contributed by atoms with Crippen LogP contribution in [0.5, 0.6) is 0 Å². The Morgan fingerprint density at radius 1 is 0.829 bits per heavy atom. The molecule has 0 aliphatic rings. The Labute approximate surface area is 233 Å². The topological polar surface area (TPSA) is 84.2 Å². The summed E-state index contributed by atoms with van der Waals surface area (Å²) in [5, 5.41) is 18.5. The lowest BCUT2D eigenvalue weighted by molar-refractivity contribution is 0.0696. The van der Waals surface area contributed by atoms with Crippen LogP contribution in [0.15, 0.2) is 103 Å². The number of carbonyl (C=O) groups is 2. The largest absolute Gasteiger partial charge is 0.478 e. The van der Waals surface area contributed by atoms with Gasteiger partial charge in [-0.25, -0.2) is 13.6 Å². The maximum absolute atomic E-state index is 15.4. The second kappa shape index (κ2) is 10.7. The standard InChI is InChI=1S/C33H23F2N3O3/c34-27-13-11-21(12-14-27)25-15-26-18-37-38(19-24-10-9-22-3-1-2-4-28(22)30(24)35)31(26)29(16-25)32(39)36-17-20-5-7-23(8-6-20)33(40)41/h1-16,18H,17,19H2,(H,36,39)(H,40,41). The molecule has 0 unspecified atom stereocenters. The average molecular weight is 548 g/mol. The molecule has 6 aromatic rings. The van der Waals surface area contributed by atoms with Crippen LogP contribution >= 0.6 is 0 Å². The third kappa shape index (κ3) is 5.15. The Hall–Kier alpha value is -5.37. The molecule has 2 N–H and O–H groups in total. The summed E-state index contributed by atoms with van der Waals surface area (Å²) in [6.07, 6.45) is 1.63. The number of aromatic nitrogens is 2. The van der Waals surface area contributed by atoms with Crippen LogP contribution in [0.4, 0.5) is 8.78 Å². The molecule has 1 heterocycles. The first-order valence-electron chi connectivity index (χ1n) is 12.9. The first-order chi connectivity index (χ1) is 19.9. The van der Waals surface area contributed by atoms with Crippen molar-refractivity contribution in [3.63, 3.8) is 0 Å². The molecule has 5 aromatic carbocycles. The summed E-state index contributed by atoms with van der Waals surface area (Å²) in [5.41, 5.74) is 3.58. The van der Waals surface area contributed by atoms with Gasteiger partial charge in [-0.1, -0.05) is 60.7 Å². The number of nitrogens with zero attached hydrogens (tertiary/aromatic N) is 2. The maximum atomic E-state index is 15.4. The molecule has 6 nitrogen and oxygen atoms in total. The monoisotopic (exact) mass is 547 g/mol. The minimum Gasteiger partial charge on any atom is -0.478 e. The number of hydrogen-bond donors (Lipinski definition) is 2. The fourth-order valence-electron chi connectivity index (χ4n) is 4.94. The Kier molecular flexibility index (Phi) is 6.73. The molecule has 0 saturated heterocycles. The molecule has 1 aromatic heterocycles. The lowest BCUT2D eigenvalue weighted by Crippen LogP contribution is -2.24. The molecule has 8 heteroatoms. The molecular formula is C33H23F2N3O3. The number of carbonyl (C=O) groups excluding carboxylic acids is 1. The summed E-state index contributed by atoms with van der Waals surface area (Å²) >= 11 is 0. The van der Waals surface area contributed by atoms with Crippen molar-refractivity contribution in [2.75, 3.05) is 0 Å². The zero-order valence-electron chi connectivity index (χ0n) is 21.6. The molecule has 0 radical (unpaired) electrons. The zero-order valence-corrected chi connectivity index (χ0v) is 21.6. The number of aromatic carboxylic acids is 1. The second-order valence-corrected chi connectivity index (χ2v) is 9.72. The van der Waals surface area contributed by atoms with Gasteiger partial charge in [-0.15, -0.1) is 0 Å². The number of hydrogen-bond acceptors (Lipinski definition) is 3. The first-order valence-corrected chi connectivity index (χ1v) is 12.9. The maximum Gasteiger partial charge on any atom is 0.335 e. The fraction of sp³-hybridized carbons (Fsp3) is 0.0606. The van der Waals surface area contributed by atoms with E-state index in [1.807, 2.05) is 24.3 Å². The van der Waals surface area contributed by atoms with Crippen LogP contribution in [-0.2, 0) is 13.1 Å². The highest BCUT2D eigenvalue weighted by Gasteiger charge is 2.19. The second-order valence-electron chi connectivity index (χ2n) is 9.72. The lowest BCUT2D eigenvalue weighted by atomic mass is 9.99. The predicted molar refractivity (Wildman–Crippen MR) is 153 cm³/mol. The van der Waals surface area contributed by atoms with E-state index in [-0.39, 0.29) is 36.2 Å². The summed E-state index contributed by atoms with van der Waals surface area (Å²) < 4.78 is 30.6. The number of rotatable bonds is 7. The van der Waals surface area contributed by atoms with Gasteiger partial charge in [0.2, 0.25) is 0 Å². The third-order valence-corrected chi connectivity index (χ3v) is 7.07. The van der Waals surface area contributed by atoms with Crippen LogP contribution in [-0.4, -0.2) is 26.8 Å². The van der Waals surface area contributed by atoms with Crippen molar-refractivity contribution in [3.8, 4) is 11.1 Å². The van der Waals surface area contributed by atoms with Gasteiger partial charge in [0.1, 0.15) is 11.6 Å². The van der Waals surface area contributed by atoms with Gasteiger partial charge >= 0.3 is 5.97 Å².